The van der Waals surface area contributed by atoms with Gasteiger partial charge in [0.05, 0.1) is 5.60 Å². The molecule has 2 nitrogen and oxygen atoms in total. The molecule has 2 rings (SSSR count). The molecule has 0 aromatic carbocycles. The van der Waals surface area contributed by atoms with Crippen LogP contribution in [0.5, 0.6) is 0 Å². The Kier molecular flexibility index (Phi) is 2.61. The third-order valence-corrected chi connectivity index (χ3v) is 4.72. The maximum Gasteiger partial charge on any atom is 0.0753 e. The first-order valence-corrected chi connectivity index (χ1v) is 5.94. The van der Waals surface area contributed by atoms with E-state index in [0.29, 0.717) is 17.8 Å². The monoisotopic (exact) mass is 198 g/mol. The largest absolute Gasteiger partial charge is 0.396 e. The number of aliphatic hydroxyl groups is 2. The maximum atomic E-state index is 10.7. The first-order chi connectivity index (χ1) is 6.60. The fourth-order valence-corrected chi connectivity index (χ4v) is 3.92. The maximum absolute atomic E-state index is 10.7. The number of rotatable bonds is 2. The summed E-state index contributed by atoms with van der Waals surface area (Å²) in [6.07, 6.45) is 4.73. The molecule has 2 fully saturated rings. The summed E-state index contributed by atoms with van der Waals surface area (Å²) < 4.78 is 0. The van der Waals surface area contributed by atoms with Gasteiger partial charge in [0.2, 0.25) is 0 Å². The molecule has 0 saturated heterocycles. The van der Waals surface area contributed by atoms with Gasteiger partial charge < -0.3 is 10.2 Å². The highest BCUT2D eigenvalue weighted by atomic mass is 16.3. The first kappa shape index (κ1) is 10.4. The van der Waals surface area contributed by atoms with Gasteiger partial charge in [-0.25, -0.2) is 0 Å². The zero-order chi connectivity index (χ0) is 10.3. The second kappa shape index (κ2) is 3.49. The first-order valence-electron chi connectivity index (χ1n) is 5.94. The van der Waals surface area contributed by atoms with Crippen LogP contribution >= 0.6 is 0 Å². The second-order valence-corrected chi connectivity index (χ2v) is 5.42. The minimum Gasteiger partial charge on any atom is -0.396 e. The summed E-state index contributed by atoms with van der Waals surface area (Å²) in [6, 6.07) is 0. The molecule has 0 heterocycles. The van der Waals surface area contributed by atoms with Crippen molar-refractivity contribution in [2.75, 3.05) is 6.61 Å². The number of fused-ring (bicyclic) bond motifs is 2. The van der Waals surface area contributed by atoms with E-state index in [1.54, 1.807) is 0 Å². The summed E-state index contributed by atoms with van der Waals surface area (Å²) in [5.74, 6) is 1.56. The summed E-state index contributed by atoms with van der Waals surface area (Å²) in [6.45, 7) is 4.37. The van der Waals surface area contributed by atoms with E-state index in [1.807, 2.05) is 6.92 Å². The highest BCUT2D eigenvalue weighted by molar-refractivity contribution is 5.06. The van der Waals surface area contributed by atoms with Crippen molar-refractivity contribution in [2.45, 2.75) is 45.1 Å². The van der Waals surface area contributed by atoms with Crippen LogP contribution in [0.1, 0.15) is 39.5 Å². The molecule has 0 spiro atoms. The Hall–Kier alpha value is -0.0800. The van der Waals surface area contributed by atoms with Crippen molar-refractivity contribution in [3.05, 3.63) is 0 Å². The molecule has 2 N–H and O–H groups in total. The van der Waals surface area contributed by atoms with Crippen LogP contribution in [0.25, 0.3) is 0 Å². The molecular weight excluding hydrogens is 176 g/mol. The van der Waals surface area contributed by atoms with Crippen LogP contribution < -0.4 is 0 Å². The van der Waals surface area contributed by atoms with Gasteiger partial charge in [-0.05, 0) is 37.0 Å². The molecule has 2 aliphatic rings. The number of aliphatic hydroxyl groups excluding tert-OH is 1. The number of hydrogen-bond acceptors (Lipinski definition) is 2. The molecule has 2 saturated carbocycles. The predicted octanol–water partition coefficient (Wildman–Crippen LogP) is 1.80. The van der Waals surface area contributed by atoms with Crippen molar-refractivity contribution in [3.63, 3.8) is 0 Å². The molecule has 2 bridgehead atoms. The molecule has 0 aromatic heterocycles. The summed E-state index contributed by atoms with van der Waals surface area (Å²) in [7, 11) is 0. The van der Waals surface area contributed by atoms with Crippen LogP contribution in [0.15, 0.2) is 0 Å². The Morgan fingerprint density at radius 3 is 2.71 bits per heavy atom. The van der Waals surface area contributed by atoms with E-state index >= 15 is 0 Å². The van der Waals surface area contributed by atoms with Crippen LogP contribution in [0.2, 0.25) is 0 Å². The fraction of sp³-hybridized carbons (Fsp3) is 1.00. The van der Waals surface area contributed by atoms with E-state index in [-0.39, 0.29) is 12.5 Å². The highest BCUT2D eigenvalue weighted by Gasteiger charge is 2.56. The van der Waals surface area contributed by atoms with Gasteiger partial charge in [0, 0.05) is 12.5 Å². The average molecular weight is 198 g/mol. The Morgan fingerprint density at radius 2 is 2.14 bits per heavy atom. The van der Waals surface area contributed by atoms with Gasteiger partial charge >= 0.3 is 0 Å². The third kappa shape index (κ3) is 1.24. The summed E-state index contributed by atoms with van der Waals surface area (Å²) in [5.41, 5.74) is -0.563. The van der Waals surface area contributed by atoms with Crippen molar-refractivity contribution in [1.82, 2.24) is 0 Å². The Morgan fingerprint density at radius 1 is 1.43 bits per heavy atom. The van der Waals surface area contributed by atoms with Gasteiger partial charge in [-0.1, -0.05) is 20.3 Å². The van der Waals surface area contributed by atoms with E-state index < -0.39 is 5.60 Å². The van der Waals surface area contributed by atoms with E-state index in [9.17, 15) is 10.2 Å². The van der Waals surface area contributed by atoms with Gasteiger partial charge in [-0.2, -0.15) is 0 Å². The zero-order valence-electron chi connectivity index (χ0n) is 9.24. The van der Waals surface area contributed by atoms with Gasteiger partial charge in [0.15, 0.2) is 0 Å². The average Bonchev–Trinajstić information content (AvgIpc) is 2.37. The molecule has 2 heteroatoms. The lowest BCUT2D eigenvalue weighted by atomic mass is 9.67. The lowest BCUT2D eigenvalue weighted by Gasteiger charge is -2.44. The molecule has 2 aliphatic carbocycles. The van der Waals surface area contributed by atoms with Crippen LogP contribution in [0.3, 0.4) is 0 Å². The molecule has 1 unspecified atom stereocenters. The smallest absolute Gasteiger partial charge is 0.0753 e. The highest BCUT2D eigenvalue weighted by Crippen LogP contribution is 2.55. The van der Waals surface area contributed by atoms with Crippen LogP contribution in [0.4, 0.5) is 0 Å². The number of hydrogen-bond donors (Lipinski definition) is 2. The molecule has 82 valence electrons. The Balaban J connectivity index is 2.26. The Labute approximate surface area is 86.3 Å². The fourth-order valence-electron chi connectivity index (χ4n) is 3.92. The molecule has 0 aliphatic heterocycles. The second-order valence-electron chi connectivity index (χ2n) is 5.42. The molecule has 5 atom stereocenters. The lowest BCUT2D eigenvalue weighted by molar-refractivity contribution is -0.116. The minimum atomic E-state index is -0.563. The molecule has 0 amide bonds. The van der Waals surface area contributed by atoms with Crippen LogP contribution in [-0.2, 0) is 0 Å². The Bertz CT molecular complexity index is 216. The van der Waals surface area contributed by atoms with Crippen molar-refractivity contribution in [2.24, 2.45) is 23.7 Å². The van der Waals surface area contributed by atoms with Crippen LogP contribution in [0, 0.1) is 23.7 Å². The molecule has 0 radical (unpaired) electrons. The van der Waals surface area contributed by atoms with E-state index in [4.69, 9.17) is 0 Å². The molecular formula is C12H22O2. The van der Waals surface area contributed by atoms with Crippen molar-refractivity contribution >= 4 is 0 Å². The summed E-state index contributed by atoms with van der Waals surface area (Å²) in [5, 5.41) is 20.0. The lowest BCUT2D eigenvalue weighted by Crippen LogP contribution is -2.49. The summed E-state index contributed by atoms with van der Waals surface area (Å²) in [4.78, 5) is 0. The van der Waals surface area contributed by atoms with Crippen LogP contribution in [-0.4, -0.2) is 22.4 Å². The molecule has 0 aromatic rings. The summed E-state index contributed by atoms with van der Waals surface area (Å²) >= 11 is 0. The third-order valence-electron chi connectivity index (χ3n) is 4.72. The van der Waals surface area contributed by atoms with Crippen molar-refractivity contribution in [1.29, 1.82) is 0 Å². The quantitative estimate of drug-likeness (QED) is 0.710. The van der Waals surface area contributed by atoms with E-state index in [1.165, 1.54) is 6.42 Å². The minimum absolute atomic E-state index is 0.0442. The van der Waals surface area contributed by atoms with E-state index in [0.717, 1.165) is 19.3 Å². The molecule has 14 heavy (non-hydrogen) atoms. The predicted molar refractivity (Wildman–Crippen MR) is 55.8 cm³/mol. The topological polar surface area (TPSA) is 40.5 Å². The van der Waals surface area contributed by atoms with Gasteiger partial charge in [-0.15, -0.1) is 0 Å². The van der Waals surface area contributed by atoms with E-state index in [2.05, 4.69) is 6.92 Å². The van der Waals surface area contributed by atoms with Gasteiger partial charge in [0.1, 0.15) is 0 Å². The zero-order valence-corrected chi connectivity index (χ0v) is 9.24. The van der Waals surface area contributed by atoms with Gasteiger partial charge in [0.25, 0.3) is 0 Å². The van der Waals surface area contributed by atoms with Crippen molar-refractivity contribution < 1.29 is 10.2 Å². The van der Waals surface area contributed by atoms with Crippen molar-refractivity contribution in [3.8, 4) is 0 Å². The van der Waals surface area contributed by atoms with Gasteiger partial charge in [-0.3, -0.25) is 0 Å². The normalized spacial score (nSPS) is 49.3. The SMILES string of the molecule is CC(CO)[C@@]1(O)[C@H]2CCC[C@@H]1[C@@H](C)C2. The standard InChI is InChI=1S/C12H22O2/c1-8-6-10-4-3-5-11(8)12(10,14)9(2)7-13/h8-11,13-14H,3-7H2,1-2H3/t8-,9?,10-,11+,12+/m0/s1.